The number of hydrogen-bond acceptors (Lipinski definition) is 4. The second-order valence-corrected chi connectivity index (χ2v) is 8.69. The van der Waals surface area contributed by atoms with Crippen LogP contribution in [0, 0.1) is 0 Å². The van der Waals surface area contributed by atoms with Crippen LogP contribution in [0.5, 0.6) is 0 Å². The van der Waals surface area contributed by atoms with Gasteiger partial charge in [0.1, 0.15) is 0 Å². The molecule has 1 aliphatic heterocycles. The maximum atomic E-state index is 11.4. The third-order valence-corrected chi connectivity index (χ3v) is 5.87. The van der Waals surface area contributed by atoms with Crippen molar-refractivity contribution >= 4 is 11.8 Å². The Labute approximate surface area is 190 Å². The number of carbonyl (C=O) groups is 2. The topological polar surface area (TPSA) is 55.8 Å². The predicted molar refractivity (Wildman–Crippen MR) is 127 cm³/mol. The maximum absolute atomic E-state index is 11.4. The fourth-order valence-electron chi connectivity index (χ4n) is 3.88. The highest BCUT2D eigenvalue weighted by molar-refractivity contribution is 6.12. The van der Waals surface area contributed by atoms with Gasteiger partial charge in [0, 0.05) is 18.8 Å². The molecule has 2 amide bonds. The van der Waals surface area contributed by atoms with Gasteiger partial charge in [0.2, 0.25) is 0 Å². The summed E-state index contributed by atoms with van der Waals surface area (Å²) >= 11 is 0. The maximum Gasteiger partial charge on any atom is 0.253 e. The first-order valence-electron chi connectivity index (χ1n) is 12.9. The second kappa shape index (κ2) is 20.7. The van der Waals surface area contributed by atoms with Crippen molar-refractivity contribution in [3.05, 3.63) is 12.2 Å². The molecule has 0 fully saturated rings. The highest BCUT2D eigenvalue weighted by atomic mass is 16.5. The number of hydrogen-bond donors (Lipinski definition) is 0. The zero-order valence-electron chi connectivity index (χ0n) is 20.1. The highest BCUT2D eigenvalue weighted by Crippen LogP contribution is 2.13. The van der Waals surface area contributed by atoms with Crippen LogP contribution in [0.3, 0.4) is 0 Å². The van der Waals surface area contributed by atoms with Crippen LogP contribution < -0.4 is 0 Å². The lowest BCUT2D eigenvalue weighted by atomic mass is 10.0. The molecule has 31 heavy (non-hydrogen) atoms. The normalized spacial score (nSPS) is 13.6. The summed E-state index contributed by atoms with van der Waals surface area (Å²) in [6.45, 7) is 4.81. The molecule has 0 spiro atoms. The van der Waals surface area contributed by atoms with Crippen molar-refractivity contribution in [1.29, 1.82) is 0 Å². The van der Waals surface area contributed by atoms with E-state index in [9.17, 15) is 9.59 Å². The van der Waals surface area contributed by atoms with E-state index in [0.29, 0.717) is 26.4 Å². The van der Waals surface area contributed by atoms with Crippen molar-refractivity contribution in [2.75, 3.05) is 33.0 Å². The SMILES string of the molecule is CCCCCCCCCCCCCCCCCCOCCOCCN1C(=O)C=CC1=O. The van der Waals surface area contributed by atoms with Crippen LogP contribution in [0.2, 0.25) is 0 Å². The minimum absolute atomic E-state index is 0.256. The fraction of sp³-hybridized carbons (Fsp3) is 0.846. The summed E-state index contributed by atoms with van der Waals surface area (Å²) < 4.78 is 11.0. The van der Waals surface area contributed by atoms with Gasteiger partial charge in [-0.25, -0.2) is 0 Å². The van der Waals surface area contributed by atoms with Gasteiger partial charge in [-0.2, -0.15) is 0 Å². The van der Waals surface area contributed by atoms with Crippen LogP contribution in [0.15, 0.2) is 12.2 Å². The zero-order valence-corrected chi connectivity index (χ0v) is 20.1. The molecule has 0 saturated heterocycles. The molecule has 0 N–H and O–H groups in total. The third kappa shape index (κ3) is 16.1. The van der Waals surface area contributed by atoms with Gasteiger partial charge in [-0.05, 0) is 6.42 Å². The number of imide groups is 1. The third-order valence-electron chi connectivity index (χ3n) is 5.87. The number of unbranched alkanes of at least 4 members (excludes halogenated alkanes) is 15. The molecule has 0 unspecified atom stereocenters. The fourth-order valence-corrected chi connectivity index (χ4v) is 3.88. The Morgan fingerprint density at radius 3 is 1.39 bits per heavy atom. The molecule has 0 aromatic carbocycles. The summed E-state index contributed by atoms with van der Waals surface area (Å²) in [7, 11) is 0. The van der Waals surface area contributed by atoms with Crippen molar-refractivity contribution in [2.45, 2.75) is 110 Å². The van der Waals surface area contributed by atoms with E-state index in [4.69, 9.17) is 9.47 Å². The molecule has 0 bridgehead atoms. The lowest BCUT2D eigenvalue weighted by Crippen LogP contribution is -2.33. The number of rotatable bonds is 23. The highest BCUT2D eigenvalue weighted by Gasteiger charge is 2.22. The van der Waals surface area contributed by atoms with E-state index in [1.807, 2.05) is 0 Å². The number of amides is 2. The van der Waals surface area contributed by atoms with Gasteiger partial charge in [-0.3, -0.25) is 14.5 Å². The van der Waals surface area contributed by atoms with Crippen LogP contribution in [0.1, 0.15) is 110 Å². The Hall–Kier alpha value is -1.20. The van der Waals surface area contributed by atoms with E-state index in [2.05, 4.69) is 6.92 Å². The van der Waals surface area contributed by atoms with E-state index in [1.165, 1.54) is 113 Å². The van der Waals surface area contributed by atoms with Crippen LogP contribution in [0.25, 0.3) is 0 Å². The lowest BCUT2D eigenvalue weighted by molar-refractivity contribution is -0.137. The van der Waals surface area contributed by atoms with Crippen LogP contribution in [0.4, 0.5) is 0 Å². The summed E-state index contributed by atoms with van der Waals surface area (Å²) in [6.07, 6.45) is 24.6. The van der Waals surface area contributed by atoms with Crippen molar-refractivity contribution in [1.82, 2.24) is 4.90 Å². The van der Waals surface area contributed by atoms with E-state index >= 15 is 0 Å². The van der Waals surface area contributed by atoms with E-state index in [1.54, 1.807) is 0 Å². The van der Waals surface area contributed by atoms with Gasteiger partial charge in [-0.1, -0.05) is 103 Å². The van der Waals surface area contributed by atoms with Crippen LogP contribution in [-0.4, -0.2) is 49.7 Å². The molecule has 0 aliphatic carbocycles. The van der Waals surface area contributed by atoms with Gasteiger partial charge in [-0.15, -0.1) is 0 Å². The van der Waals surface area contributed by atoms with E-state index in [0.717, 1.165) is 13.0 Å². The van der Waals surface area contributed by atoms with Gasteiger partial charge in [0.05, 0.1) is 26.4 Å². The van der Waals surface area contributed by atoms with Crippen molar-refractivity contribution in [3.63, 3.8) is 0 Å². The largest absolute Gasteiger partial charge is 0.379 e. The molecule has 0 saturated carbocycles. The van der Waals surface area contributed by atoms with E-state index < -0.39 is 0 Å². The summed E-state index contributed by atoms with van der Waals surface area (Å²) in [5.41, 5.74) is 0. The first kappa shape index (κ1) is 27.8. The average molecular weight is 438 g/mol. The lowest BCUT2D eigenvalue weighted by Gasteiger charge is -2.13. The van der Waals surface area contributed by atoms with Crippen molar-refractivity contribution in [3.8, 4) is 0 Å². The first-order valence-corrected chi connectivity index (χ1v) is 12.9. The second-order valence-electron chi connectivity index (χ2n) is 8.69. The summed E-state index contributed by atoms with van der Waals surface area (Å²) in [5.74, 6) is -0.512. The Kier molecular flexibility index (Phi) is 18.6. The molecule has 1 aliphatic rings. The number of nitrogens with zero attached hydrogens (tertiary/aromatic N) is 1. The standard InChI is InChI=1S/C26H47NO4/c1-2-3-4-5-6-7-8-9-10-11-12-13-14-15-16-17-21-30-23-24-31-22-20-27-25(28)18-19-26(27)29/h18-19H,2-17,20-24H2,1H3. The minimum atomic E-state index is -0.256. The predicted octanol–water partition coefficient (Wildman–Crippen LogP) is 6.21. The molecule has 0 atom stereocenters. The van der Waals surface area contributed by atoms with Gasteiger partial charge in [0.25, 0.3) is 11.8 Å². The molecule has 5 heteroatoms. The van der Waals surface area contributed by atoms with Gasteiger partial charge in [0.15, 0.2) is 0 Å². The van der Waals surface area contributed by atoms with Crippen LogP contribution >= 0.6 is 0 Å². The molecule has 1 heterocycles. The molecule has 1 rings (SSSR count). The molecule has 5 nitrogen and oxygen atoms in total. The average Bonchev–Trinajstić information content (AvgIpc) is 3.09. The summed E-state index contributed by atoms with van der Waals surface area (Å²) in [6, 6.07) is 0. The summed E-state index contributed by atoms with van der Waals surface area (Å²) in [5, 5.41) is 0. The van der Waals surface area contributed by atoms with Crippen molar-refractivity contribution < 1.29 is 19.1 Å². The smallest absolute Gasteiger partial charge is 0.253 e. The Bertz CT molecular complexity index is 460. The Morgan fingerprint density at radius 1 is 0.548 bits per heavy atom. The summed E-state index contributed by atoms with van der Waals surface area (Å²) in [4.78, 5) is 23.9. The Balaban J connectivity index is 1.68. The molecule has 0 radical (unpaired) electrons. The quantitative estimate of drug-likeness (QED) is 0.141. The Morgan fingerprint density at radius 2 is 0.935 bits per heavy atom. The molecule has 180 valence electrons. The minimum Gasteiger partial charge on any atom is -0.379 e. The molecule has 0 aromatic rings. The van der Waals surface area contributed by atoms with Gasteiger partial charge < -0.3 is 9.47 Å². The first-order chi connectivity index (χ1) is 15.3. The van der Waals surface area contributed by atoms with Crippen LogP contribution in [-0.2, 0) is 19.1 Å². The van der Waals surface area contributed by atoms with Gasteiger partial charge >= 0.3 is 0 Å². The molecule has 0 aromatic heterocycles. The monoisotopic (exact) mass is 437 g/mol. The number of carbonyl (C=O) groups excluding carboxylic acids is 2. The molecular weight excluding hydrogens is 390 g/mol. The van der Waals surface area contributed by atoms with E-state index in [-0.39, 0.29) is 11.8 Å². The number of ether oxygens (including phenoxy) is 2. The van der Waals surface area contributed by atoms with Crippen molar-refractivity contribution in [2.24, 2.45) is 0 Å². The zero-order chi connectivity index (χ0) is 22.4. The molecular formula is C26H47NO4.